The molecular weight excluding hydrogens is 429 g/mol. The lowest BCUT2D eigenvalue weighted by molar-refractivity contribution is -0.250. The Balaban J connectivity index is 0.00000176. The normalized spacial score (nSPS) is 25.5. The van der Waals surface area contributed by atoms with Crippen LogP contribution in [0.1, 0.15) is 19.4 Å². The molecule has 3 rings (SSSR count). The Morgan fingerprint density at radius 3 is 2.25 bits per heavy atom. The van der Waals surface area contributed by atoms with Gasteiger partial charge < -0.3 is 35.8 Å². The molecule has 2 aromatic carbocycles. The number of para-hydroxylation sites is 1. The number of nitrogens with one attached hydrogen (secondary N) is 1. The van der Waals surface area contributed by atoms with Crippen LogP contribution in [0.2, 0.25) is 0 Å². The molecule has 0 saturated carbocycles. The second-order valence-corrected chi connectivity index (χ2v) is 6.68. The molecule has 5 atom stereocenters. The molecule has 0 spiro atoms. The molecule has 6 N–H and O–H groups in total. The smallest absolute Gasteiger partial charge is 0.228 e. The van der Waals surface area contributed by atoms with Gasteiger partial charge >= 0.3 is 0 Å². The van der Waals surface area contributed by atoms with Crippen molar-refractivity contribution < 1.29 is 38.0 Å². The number of hydrogen-bond acceptors (Lipinski definition) is 7. The van der Waals surface area contributed by atoms with Crippen molar-refractivity contribution in [3.63, 3.8) is 0 Å². The number of rotatable bonds is 6. The average molecular weight is 456 g/mol. The van der Waals surface area contributed by atoms with Crippen molar-refractivity contribution in [2.75, 3.05) is 6.61 Å². The Hall–Kier alpha value is -2.79. The molecule has 0 aliphatic carbocycles. The van der Waals surface area contributed by atoms with Crippen LogP contribution in [0.4, 0.5) is 13.2 Å². The minimum Gasteiger partial charge on any atom is -0.462 e. The summed E-state index contributed by atoms with van der Waals surface area (Å²) in [6.45, 7) is 3.44. The van der Waals surface area contributed by atoms with Gasteiger partial charge in [0.1, 0.15) is 24.1 Å². The number of aliphatic hydroxyl groups is 3. The van der Waals surface area contributed by atoms with Gasteiger partial charge in [0.05, 0.1) is 18.3 Å². The monoisotopic (exact) mass is 456 g/mol. The molecular formula is C22H27F3N2O5. The summed E-state index contributed by atoms with van der Waals surface area (Å²) in [6.07, 6.45) is -4.00. The van der Waals surface area contributed by atoms with Crippen LogP contribution in [0.15, 0.2) is 48.7 Å². The van der Waals surface area contributed by atoms with Crippen molar-refractivity contribution >= 4 is 5.70 Å². The van der Waals surface area contributed by atoms with Crippen molar-refractivity contribution in [2.24, 2.45) is 5.73 Å². The van der Waals surface area contributed by atoms with Crippen LogP contribution in [-0.4, -0.2) is 52.6 Å². The number of hydrogen-bond donors (Lipinski definition) is 5. The van der Waals surface area contributed by atoms with Gasteiger partial charge in [0.2, 0.25) is 6.29 Å². The maximum Gasteiger partial charge on any atom is 0.228 e. The maximum absolute atomic E-state index is 13.4. The summed E-state index contributed by atoms with van der Waals surface area (Å²) in [6, 6.07) is 8.76. The van der Waals surface area contributed by atoms with Crippen LogP contribution in [0.3, 0.4) is 0 Å². The molecule has 7 nitrogen and oxygen atoms in total. The SMILES string of the molecule is CC.N/C(=C\NC1C(O)C(CO)OC(Oc2ccccc2)C1O)c1cc(F)c(F)c(F)c1. The van der Waals surface area contributed by atoms with E-state index in [1.165, 1.54) is 0 Å². The fourth-order valence-corrected chi connectivity index (χ4v) is 3.01. The first-order valence-electron chi connectivity index (χ1n) is 10.0. The zero-order chi connectivity index (χ0) is 23.8. The van der Waals surface area contributed by atoms with Crippen LogP contribution in [-0.2, 0) is 4.74 Å². The van der Waals surface area contributed by atoms with Gasteiger partial charge in [-0.1, -0.05) is 32.0 Å². The zero-order valence-corrected chi connectivity index (χ0v) is 17.6. The number of aliphatic hydroxyl groups excluding tert-OH is 3. The van der Waals surface area contributed by atoms with Crippen molar-refractivity contribution in [3.05, 3.63) is 71.7 Å². The highest BCUT2D eigenvalue weighted by atomic mass is 19.2. The molecule has 0 radical (unpaired) electrons. The third kappa shape index (κ3) is 5.92. The van der Waals surface area contributed by atoms with E-state index in [0.717, 1.165) is 6.20 Å². The first kappa shape index (κ1) is 25.5. The summed E-state index contributed by atoms with van der Waals surface area (Å²) >= 11 is 0. The van der Waals surface area contributed by atoms with Gasteiger partial charge in [0, 0.05) is 11.8 Å². The van der Waals surface area contributed by atoms with Crippen molar-refractivity contribution in [3.8, 4) is 5.75 Å². The van der Waals surface area contributed by atoms with Gasteiger partial charge in [-0.2, -0.15) is 0 Å². The average Bonchev–Trinajstić information content (AvgIpc) is 2.80. The van der Waals surface area contributed by atoms with E-state index >= 15 is 0 Å². The van der Waals surface area contributed by atoms with E-state index in [0.29, 0.717) is 17.9 Å². The largest absolute Gasteiger partial charge is 0.462 e. The molecule has 0 bridgehead atoms. The fraction of sp³-hybridized carbons (Fsp3) is 0.364. The molecule has 1 aliphatic rings. The summed E-state index contributed by atoms with van der Waals surface area (Å²) in [5.41, 5.74) is 5.46. The Morgan fingerprint density at radius 1 is 1.09 bits per heavy atom. The van der Waals surface area contributed by atoms with Crippen molar-refractivity contribution in [1.82, 2.24) is 5.32 Å². The number of nitrogens with two attached hydrogens (primary N) is 1. The molecule has 2 aromatic rings. The summed E-state index contributed by atoms with van der Waals surface area (Å²) in [5.74, 6) is -4.06. The summed E-state index contributed by atoms with van der Waals surface area (Å²) in [5, 5.41) is 33.1. The fourth-order valence-electron chi connectivity index (χ4n) is 3.01. The summed E-state index contributed by atoms with van der Waals surface area (Å²) in [4.78, 5) is 0. The molecule has 0 amide bonds. The third-order valence-corrected chi connectivity index (χ3v) is 4.63. The van der Waals surface area contributed by atoms with Crippen LogP contribution in [0.25, 0.3) is 5.70 Å². The van der Waals surface area contributed by atoms with Crippen LogP contribution in [0, 0.1) is 17.5 Å². The van der Waals surface area contributed by atoms with E-state index in [9.17, 15) is 28.5 Å². The molecule has 10 heteroatoms. The minimum atomic E-state index is -1.62. The van der Waals surface area contributed by atoms with E-state index in [2.05, 4.69) is 5.32 Å². The van der Waals surface area contributed by atoms with Gasteiger partial charge in [-0.05, 0) is 24.3 Å². The lowest BCUT2D eigenvalue weighted by atomic mass is 9.96. The standard InChI is InChI=1S/C20H21F3N2O5.C2H6/c21-12-6-10(7-13(22)16(12)23)14(24)8-25-17-18(27)15(9-26)30-20(19(17)28)29-11-4-2-1-3-5-11;1-2/h1-8,15,17-20,25-28H,9,24H2;1-2H3/b14-8-;. The van der Waals surface area contributed by atoms with Crippen LogP contribution in [0.5, 0.6) is 5.75 Å². The van der Waals surface area contributed by atoms with Gasteiger partial charge in [-0.25, -0.2) is 13.2 Å². The second-order valence-electron chi connectivity index (χ2n) is 6.68. The van der Waals surface area contributed by atoms with Crippen LogP contribution < -0.4 is 15.8 Å². The van der Waals surface area contributed by atoms with Crippen LogP contribution >= 0.6 is 0 Å². The topological polar surface area (TPSA) is 117 Å². The van der Waals surface area contributed by atoms with E-state index in [1.807, 2.05) is 13.8 Å². The highest BCUT2D eigenvalue weighted by molar-refractivity contribution is 5.62. The zero-order valence-electron chi connectivity index (χ0n) is 17.6. The maximum atomic E-state index is 13.4. The van der Waals surface area contributed by atoms with Gasteiger partial charge in [-0.3, -0.25) is 0 Å². The Morgan fingerprint density at radius 2 is 1.69 bits per heavy atom. The molecule has 1 saturated heterocycles. The molecule has 0 aromatic heterocycles. The molecule has 32 heavy (non-hydrogen) atoms. The summed E-state index contributed by atoms with van der Waals surface area (Å²) in [7, 11) is 0. The Bertz CT molecular complexity index is 877. The third-order valence-electron chi connectivity index (χ3n) is 4.63. The van der Waals surface area contributed by atoms with E-state index in [1.54, 1.807) is 30.3 Å². The molecule has 176 valence electrons. The predicted molar refractivity (Wildman–Crippen MR) is 112 cm³/mol. The van der Waals surface area contributed by atoms with Gasteiger partial charge in [0.25, 0.3) is 0 Å². The Kier molecular flexibility index (Phi) is 9.33. The summed E-state index contributed by atoms with van der Waals surface area (Å²) < 4.78 is 51.0. The molecule has 1 aliphatic heterocycles. The van der Waals surface area contributed by atoms with Gasteiger partial charge in [0.15, 0.2) is 17.5 Å². The number of halogens is 3. The first-order valence-corrected chi connectivity index (χ1v) is 10.0. The quantitative estimate of drug-likeness (QED) is 0.421. The second kappa shape index (κ2) is 11.7. The lowest BCUT2D eigenvalue weighted by Gasteiger charge is -2.42. The minimum absolute atomic E-state index is 0.147. The predicted octanol–water partition coefficient (Wildman–Crippen LogP) is 1.86. The van der Waals surface area contributed by atoms with Crippen molar-refractivity contribution in [2.45, 2.75) is 44.5 Å². The van der Waals surface area contributed by atoms with E-state index in [4.69, 9.17) is 15.2 Å². The van der Waals surface area contributed by atoms with Crippen molar-refractivity contribution in [1.29, 1.82) is 0 Å². The number of benzene rings is 2. The number of ether oxygens (including phenoxy) is 2. The molecule has 1 fully saturated rings. The lowest BCUT2D eigenvalue weighted by Crippen LogP contribution is -2.64. The van der Waals surface area contributed by atoms with E-state index in [-0.39, 0.29) is 11.3 Å². The highest BCUT2D eigenvalue weighted by Crippen LogP contribution is 2.25. The molecule has 5 unspecified atom stereocenters. The first-order chi connectivity index (χ1) is 15.3. The van der Waals surface area contributed by atoms with Gasteiger partial charge in [-0.15, -0.1) is 0 Å². The molecule has 1 heterocycles. The highest BCUT2D eigenvalue weighted by Gasteiger charge is 2.45. The Labute approximate surface area is 183 Å². The van der Waals surface area contributed by atoms with E-state index < -0.39 is 54.7 Å².